The standard InChI is InChI=1S/C21H20N4O3S/c1-3-11-29-21-23-20(27)18-14-7-5-6-8-15(14)22-19(25(18)24-21)13-9-10-16(26)17(12-13)28-4-2/h3,5-10,12,19H,1,4,11H2,2H3,(H2,23,24,26,27)/p+1/t19-/m0/s1. The molecule has 3 N–H and O–H groups in total. The highest BCUT2D eigenvalue weighted by atomic mass is 32.2. The molecule has 2 heterocycles. The molecule has 0 radical (unpaired) electrons. The number of ether oxygens (including phenoxy) is 1. The number of aromatic nitrogens is 3. The summed E-state index contributed by atoms with van der Waals surface area (Å²) >= 11 is 1.40. The molecule has 2 aromatic carbocycles. The second-order valence-electron chi connectivity index (χ2n) is 6.40. The van der Waals surface area contributed by atoms with Gasteiger partial charge in [0.05, 0.1) is 17.9 Å². The van der Waals surface area contributed by atoms with Crippen molar-refractivity contribution in [2.45, 2.75) is 18.2 Å². The number of para-hydroxylation sites is 1. The number of anilines is 1. The van der Waals surface area contributed by atoms with Crippen LogP contribution in [-0.2, 0) is 0 Å². The Morgan fingerprint density at radius 2 is 2.17 bits per heavy atom. The quantitative estimate of drug-likeness (QED) is 0.329. The zero-order valence-electron chi connectivity index (χ0n) is 15.9. The first kappa shape index (κ1) is 19.1. The van der Waals surface area contributed by atoms with E-state index in [1.165, 1.54) is 11.8 Å². The first-order valence-corrected chi connectivity index (χ1v) is 10.2. The van der Waals surface area contributed by atoms with Gasteiger partial charge in [-0.25, -0.2) is 0 Å². The Kier molecular flexibility index (Phi) is 5.26. The molecule has 1 atom stereocenters. The van der Waals surface area contributed by atoms with E-state index in [-0.39, 0.29) is 11.3 Å². The number of nitrogens with one attached hydrogen (secondary N) is 2. The van der Waals surface area contributed by atoms with Gasteiger partial charge in [-0.2, -0.15) is 0 Å². The Morgan fingerprint density at radius 3 is 2.97 bits per heavy atom. The topological polar surface area (TPSA) is 91.1 Å². The Hall–Kier alpha value is -3.26. The molecule has 0 unspecified atom stereocenters. The van der Waals surface area contributed by atoms with Crippen molar-refractivity contribution in [3.8, 4) is 22.8 Å². The van der Waals surface area contributed by atoms with Crippen LogP contribution in [0.15, 0.2) is 65.1 Å². The fourth-order valence-corrected chi connectivity index (χ4v) is 3.88. The molecular weight excluding hydrogens is 388 g/mol. The molecule has 0 saturated carbocycles. The molecule has 8 heteroatoms. The number of hydrogen-bond donors (Lipinski definition) is 3. The summed E-state index contributed by atoms with van der Waals surface area (Å²) in [5.74, 6) is 1.09. The van der Waals surface area contributed by atoms with Gasteiger partial charge in [-0.05, 0) is 41.9 Å². The molecule has 0 aliphatic carbocycles. The van der Waals surface area contributed by atoms with Crippen molar-refractivity contribution in [2.24, 2.45) is 0 Å². The second-order valence-corrected chi connectivity index (χ2v) is 7.41. The molecule has 0 fully saturated rings. The summed E-state index contributed by atoms with van der Waals surface area (Å²) in [6, 6.07) is 12.8. The molecule has 0 saturated heterocycles. The third-order valence-corrected chi connectivity index (χ3v) is 5.38. The van der Waals surface area contributed by atoms with Gasteiger partial charge >= 0.3 is 11.3 Å². The SMILES string of the molecule is C=CCSc1n[n+]2c(c(=O)[nH]1)-c1ccccc1N[C@@H]2c1ccc(O)c(OCC)c1. The van der Waals surface area contributed by atoms with E-state index >= 15 is 0 Å². The van der Waals surface area contributed by atoms with Crippen molar-refractivity contribution >= 4 is 17.4 Å². The number of phenolic OH excluding ortho intramolecular Hbond substituents is 1. The molecular formula is C21H21N4O3S+. The minimum atomic E-state index is -0.440. The molecule has 7 nitrogen and oxygen atoms in total. The van der Waals surface area contributed by atoms with Crippen LogP contribution in [-0.4, -0.2) is 27.5 Å². The van der Waals surface area contributed by atoms with E-state index in [0.29, 0.717) is 29.0 Å². The maximum atomic E-state index is 13.0. The third-order valence-electron chi connectivity index (χ3n) is 4.52. The van der Waals surface area contributed by atoms with Gasteiger partial charge < -0.3 is 15.2 Å². The van der Waals surface area contributed by atoms with Gasteiger partial charge in [-0.15, -0.1) is 6.58 Å². The first-order valence-electron chi connectivity index (χ1n) is 9.24. The number of benzene rings is 2. The highest BCUT2D eigenvalue weighted by Crippen LogP contribution is 2.34. The minimum Gasteiger partial charge on any atom is -0.504 e. The summed E-state index contributed by atoms with van der Waals surface area (Å²) in [5.41, 5.74) is 2.68. The van der Waals surface area contributed by atoms with E-state index in [4.69, 9.17) is 4.74 Å². The van der Waals surface area contributed by atoms with Gasteiger partial charge in [0.25, 0.3) is 6.17 Å². The molecule has 1 aromatic heterocycles. The van der Waals surface area contributed by atoms with Crippen molar-refractivity contribution in [2.75, 3.05) is 17.7 Å². The third kappa shape index (κ3) is 3.58. The monoisotopic (exact) mass is 409 g/mol. The lowest BCUT2D eigenvalue weighted by Crippen LogP contribution is -2.55. The molecule has 3 aromatic rings. The number of nitrogens with zero attached hydrogens (tertiary/aromatic N) is 2. The minimum absolute atomic E-state index is 0.0677. The van der Waals surface area contributed by atoms with Crippen molar-refractivity contribution in [1.29, 1.82) is 0 Å². The maximum Gasteiger partial charge on any atom is 0.325 e. The summed E-state index contributed by atoms with van der Waals surface area (Å²) in [4.78, 5) is 15.8. The lowest BCUT2D eigenvalue weighted by molar-refractivity contribution is -0.759. The highest BCUT2D eigenvalue weighted by Gasteiger charge is 2.37. The molecule has 148 valence electrons. The molecule has 0 spiro atoms. The Morgan fingerprint density at radius 1 is 1.34 bits per heavy atom. The van der Waals surface area contributed by atoms with Gasteiger partial charge in [0.2, 0.25) is 5.16 Å². The molecule has 0 bridgehead atoms. The molecule has 1 aliphatic heterocycles. The van der Waals surface area contributed by atoms with E-state index in [1.807, 2.05) is 31.2 Å². The van der Waals surface area contributed by atoms with Crippen molar-refractivity contribution in [1.82, 2.24) is 10.1 Å². The summed E-state index contributed by atoms with van der Waals surface area (Å²) in [5, 5.41) is 18.7. The Labute approximate surface area is 172 Å². The van der Waals surface area contributed by atoms with Crippen LogP contribution in [0.1, 0.15) is 18.7 Å². The van der Waals surface area contributed by atoms with Crippen LogP contribution in [0.5, 0.6) is 11.5 Å². The molecule has 29 heavy (non-hydrogen) atoms. The van der Waals surface area contributed by atoms with E-state index in [2.05, 4.69) is 22.0 Å². The first-order chi connectivity index (χ1) is 14.1. The number of fused-ring (bicyclic) bond motifs is 3. The lowest BCUT2D eigenvalue weighted by atomic mass is 10.0. The average Bonchev–Trinajstić information content (AvgIpc) is 2.73. The van der Waals surface area contributed by atoms with Crippen LogP contribution in [0, 0.1) is 0 Å². The zero-order chi connectivity index (χ0) is 20.4. The lowest BCUT2D eigenvalue weighted by Gasteiger charge is -2.22. The van der Waals surface area contributed by atoms with Crippen LogP contribution in [0.2, 0.25) is 0 Å². The van der Waals surface area contributed by atoms with E-state index in [0.717, 1.165) is 16.8 Å². The molecule has 0 amide bonds. The zero-order valence-corrected chi connectivity index (χ0v) is 16.7. The van der Waals surface area contributed by atoms with E-state index in [9.17, 15) is 9.90 Å². The van der Waals surface area contributed by atoms with Gasteiger partial charge in [0.1, 0.15) is 0 Å². The summed E-state index contributed by atoms with van der Waals surface area (Å²) in [6.45, 7) is 6.01. The summed E-state index contributed by atoms with van der Waals surface area (Å²) in [6.07, 6.45) is 1.32. The van der Waals surface area contributed by atoms with Crippen molar-refractivity contribution in [3.05, 3.63) is 71.0 Å². The van der Waals surface area contributed by atoms with Gasteiger partial charge in [-0.1, -0.05) is 30.0 Å². The second kappa shape index (κ2) is 8.00. The predicted molar refractivity (Wildman–Crippen MR) is 112 cm³/mol. The number of phenols is 1. The van der Waals surface area contributed by atoms with Gasteiger partial charge in [0.15, 0.2) is 11.5 Å². The van der Waals surface area contributed by atoms with Crippen molar-refractivity contribution in [3.63, 3.8) is 0 Å². The van der Waals surface area contributed by atoms with Crippen LogP contribution >= 0.6 is 11.8 Å². The molecule has 1 aliphatic rings. The number of thioether (sulfide) groups is 1. The summed E-state index contributed by atoms with van der Waals surface area (Å²) in [7, 11) is 0. The van der Waals surface area contributed by atoms with Gasteiger partial charge in [-0.3, -0.25) is 9.78 Å². The Balaban J connectivity index is 1.89. The largest absolute Gasteiger partial charge is 0.504 e. The number of rotatable bonds is 6. The summed E-state index contributed by atoms with van der Waals surface area (Å²) < 4.78 is 7.22. The number of hydrogen-bond acceptors (Lipinski definition) is 6. The van der Waals surface area contributed by atoms with Crippen LogP contribution in [0.3, 0.4) is 0 Å². The normalized spacial score (nSPS) is 14.4. The molecule has 4 rings (SSSR count). The van der Waals surface area contributed by atoms with E-state index < -0.39 is 6.17 Å². The highest BCUT2D eigenvalue weighted by molar-refractivity contribution is 7.99. The van der Waals surface area contributed by atoms with Crippen LogP contribution < -0.4 is 20.3 Å². The number of aromatic hydroxyl groups is 1. The number of aromatic amines is 1. The smallest absolute Gasteiger partial charge is 0.325 e. The Bertz CT molecular complexity index is 1130. The van der Waals surface area contributed by atoms with Crippen molar-refractivity contribution < 1.29 is 14.5 Å². The predicted octanol–water partition coefficient (Wildman–Crippen LogP) is 3.08. The van der Waals surface area contributed by atoms with Gasteiger partial charge in [0, 0.05) is 16.4 Å². The van der Waals surface area contributed by atoms with E-state index in [1.54, 1.807) is 29.0 Å². The van der Waals surface area contributed by atoms with Crippen LogP contribution in [0.25, 0.3) is 11.3 Å². The number of H-pyrrole nitrogens is 1. The van der Waals surface area contributed by atoms with Crippen LogP contribution in [0.4, 0.5) is 5.69 Å². The maximum absolute atomic E-state index is 13.0. The fraction of sp³-hybridized carbons (Fsp3) is 0.190. The fourth-order valence-electron chi connectivity index (χ4n) is 3.29. The average molecular weight is 409 g/mol.